The van der Waals surface area contributed by atoms with Gasteiger partial charge in [0.1, 0.15) is 23.9 Å². The van der Waals surface area contributed by atoms with Crippen LogP contribution in [0.1, 0.15) is 44.4 Å². The number of phenols is 1. The molecule has 1 heterocycles. The van der Waals surface area contributed by atoms with E-state index in [0.29, 0.717) is 23.2 Å². The number of fused-ring (bicyclic) bond motifs is 1. The summed E-state index contributed by atoms with van der Waals surface area (Å²) >= 11 is 0. The van der Waals surface area contributed by atoms with E-state index in [1.165, 1.54) is 17.0 Å². The summed E-state index contributed by atoms with van der Waals surface area (Å²) in [4.78, 5) is 29.3. The van der Waals surface area contributed by atoms with Gasteiger partial charge in [-0.25, -0.2) is 4.68 Å². The normalized spacial score (nSPS) is 12.3. The molecular formula is C28H31N5O3. The minimum Gasteiger partial charge on any atom is -0.508 e. The first-order valence-corrected chi connectivity index (χ1v) is 12.0. The van der Waals surface area contributed by atoms with Gasteiger partial charge in [-0.1, -0.05) is 48.5 Å². The molecule has 0 aliphatic heterocycles. The number of carbonyl (C=O) groups excluding carboxylic acids is 2. The molecule has 3 aromatic carbocycles. The van der Waals surface area contributed by atoms with Gasteiger partial charge in [-0.3, -0.25) is 14.5 Å². The van der Waals surface area contributed by atoms with Crippen molar-refractivity contribution in [3.63, 3.8) is 0 Å². The molecule has 0 aliphatic rings. The Morgan fingerprint density at radius 2 is 1.78 bits per heavy atom. The predicted molar refractivity (Wildman–Crippen MR) is 140 cm³/mol. The van der Waals surface area contributed by atoms with Crippen LogP contribution in [-0.4, -0.2) is 37.5 Å². The van der Waals surface area contributed by atoms with Crippen LogP contribution in [0.25, 0.3) is 11.0 Å². The monoisotopic (exact) mass is 485 g/mol. The quantitative estimate of drug-likeness (QED) is 0.382. The molecule has 1 aromatic heterocycles. The number of nitrogens with one attached hydrogen (secondary N) is 1. The predicted octanol–water partition coefficient (Wildman–Crippen LogP) is 4.52. The van der Waals surface area contributed by atoms with Gasteiger partial charge < -0.3 is 10.4 Å². The molecule has 2 N–H and O–H groups in total. The number of nitrogens with zero attached hydrogens (tertiary/aromatic N) is 4. The molecule has 2 amide bonds. The third-order valence-corrected chi connectivity index (χ3v) is 6.31. The molecule has 0 saturated heterocycles. The summed E-state index contributed by atoms with van der Waals surface area (Å²) in [5.74, 6) is -0.557. The summed E-state index contributed by atoms with van der Waals surface area (Å²) in [6, 6.07) is 20.3. The van der Waals surface area contributed by atoms with Crippen molar-refractivity contribution in [3.05, 3.63) is 83.9 Å². The number of rotatable bonds is 8. The Labute approximate surface area is 210 Å². The molecule has 0 aliphatic carbocycles. The maximum absolute atomic E-state index is 14.0. The number of phenolic OH excluding ortho intramolecular Hbond substituents is 1. The van der Waals surface area contributed by atoms with E-state index in [2.05, 4.69) is 15.6 Å². The number of aromatic nitrogens is 3. The van der Waals surface area contributed by atoms with Crippen LogP contribution in [0.5, 0.6) is 5.75 Å². The topological polar surface area (TPSA) is 100 Å². The number of aromatic hydroxyl groups is 1. The molecule has 0 saturated carbocycles. The molecule has 1 atom stereocenters. The first-order chi connectivity index (χ1) is 17.2. The minimum atomic E-state index is -0.972. The molecule has 0 radical (unpaired) electrons. The van der Waals surface area contributed by atoms with Crippen LogP contribution in [0, 0.1) is 6.92 Å². The lowest BCUT2D eigenvalue weighted by molar-refractivity contribution is -0.128. The van der Waals surface area contributed by atoms with E-state index >= 15 is 0 Å². The number of amides is 2. The van der Waals surface area contributed by atoms with Gasteiger partial charge in [0.2, 0.25) is 11.8 Å². The van der Waals surface area contributed by atoms with Crippen LogP contribution in [0.4, 0.5) is 5.69 Å². The largest absolute Gasteiger partial charge is 0.508 e. The van der Waals surface area contributed by atoms with E-state index in [1.807, 2.05) is 76.2 Å². The Balaban J connectivity index is 1.82. The van der Waals surface area contributed by atoms with E-state index in [4.69, 9.17) is 0 Å². The van der Waals surface area contributed by atoms with Crippen molar-refractivity contribution >= 4 is 28.5 Å². The first kappa shape index (κ1) is 24.9. The van der Waals surface area contributed by atoms with E-state index < -0.39 is 11.6 Å². The summed E-state index contributed by atoms with van der Waals surface area (Å²) in [5, 5.41) is 21.3. The van der Waals surface area contributed by atoms with Crippen LogP contribution in [0.2, 0.25) is 0 Å². The highest BCUT2D eigenvalue weighted by Gasteiger charge is 2.35. The van der Waals surface area contributed by atoms with Crippen LogP contribution in [0.15, 0.2) is 72.8 Å². The number of anilines is 1. The second-order valence-corrected chi connectivity index (χ2v) is 9.56. The zero-order valence-corrected chi connectivity index (χ0v) is 21.0. The van der Waals surface area contributed by atoms with Gasteiger partial charge in [0.15, 0.2) is 0 Å². The van der Waals surface area contributed by atoms with Crippen molar-refractivity contribution in [1.29, 1.82) is 0 Å². The van der Waals surface area contributed by atoms with Gasteiger partial charge in [0.05, 0.1) is 5.52 Å². The number of aryl methyl sites for hydroxylation is 1. The molecule has 0 fully saturated rings. The summed E-state index contributed by atoms with van der Waals surface area (Å²) in [6.07, 6.45) is 0.713. The Kier molecular flexibility index (Phi) is 7.05. The molecule has 1 unspecified atom stereocenters. The Bertz CT molecular complexity index is 1380. The average molecular weight is 486 g/mol. The number of para-hydroxylation sites is 1. The minimum absolute atomic E-state index is 0.0781. The van der Waals surface area contributed by atoms with E-state index in [0.717, 1.165) is 11.1 Å². The zero-order chi connectivity index (χ0) is 25.9. The smallest absolute Gasteiger partial charge is 0.249 e. The molecule has 0 bridgehead atoms. The van der Waals surface area contributed by atoms with Crippen molar-refractivity contribution in [2.24, 2.45) is 0 Å². The Morgan fingerprint density at radius 1 is 1.06 bits per heavy atom. The van der Waals surface area contributed by atoms with Crippen molar-refractivity contribution in [3.8, 4) is 5.75 Å². The van der Waals surface area contributed by atoms with Gasteiger partial charge in [0, 0.05) is 11.2 Å². The molecule has 8 nitrogen and oxygen atoms in total. The van der Waals surface area contributed by atoms with E-state index in [9.17, 15) is 14.7 Å². The second-order valence-electron chi connectivity index (χ2n) is 9.56. The second kappa shape index (κ2) is 10.2. The maximum atomic E-state index is 14.0. The summed E-state index contributed by atoms with van der Waals surface area (Å²) < 4.78 is 1.54. The van der Waals surface area contributed by atoms with E-state index in [1.54, 1.807) is 16.8 Å². The fourth-order valence-electron chi connectivity index (χ4n) is 4.02. The first-order valence-electron chi connectivity index (χ1n) is 12.0. The van der Waals surface area contributed by atoms with E-state index in [-0.39, 0.29) is 24.1 Å². The molecule has 4 rings (SSSR count). The van der Waals surface area contributed by atoms with Crippen molar-refractivity contribution in [1.82, 2.24) is 20.3 Å². The van der Waals surface area contributed by atoms with Crippen LogP contribution in [-0.2, 0) is 16.1 Å². The third-order valence-electron chi connectivity index (χ3n) is 6.31. The van der Waals surface area contributed by atoms with Gasteiger partial charge >= 0.3 is 0 Å². The number of hydrogen-bond acceptors (Lipinski definition) is 5. The highest BCUT2D eigenvalue weighted by molar-refractivity contribution is 6.01. The zero-order valence-electron chi connectivity index (χ0n) is 21.0. The average Bonchev–Trinajstić information content (AvgIpc) is 3.25. The fourth-order valence-corrected chi connectivity index (χ4v) is 4.02. The lowest BCUT2D eigenvalue weighted by atomic mass is 9.98. The summed E-state index contributed by atoms with van der Waals surface area (Å²) in [6.45, 7) is 7.72. The van der Waals surface area contributed by atoms with Gasteiger partial charge in [-0.2, -0.15) is 0 Å². The molecule has 8 heteroatoms. The Morgan fingerprint density at radius 3 is 2.47 bits per heavy atom. The van der Waals surface area contributed by atoms with Gasteiger partial charge in [-0.15, -0.1) is 5.10 Å². The number of benzene rings is 3. The SMILES string of the molecule is CCC(C)(C)NC(=O)C(c1ccc(O)cc1)N(C(=O)Cn1nnc2ccccc21)c1cccc(C)c1. The summed E-state index contributed by atoms with van der Waals surface area (Å²) in [5.41, 5.74) is 3.06. The van der Waals surface area contributed by atoms with Crippen LogP contribution >= 0.6 is 0 Å². The van der Waals surface area contributed by atoms with Crippen molar-refractivity contribution in [2.45, 2.75) is 52.2 Å². The van der Waals surface area contributed by atoms with Crippen LogP contribution in [0.3, 0.4) is 0 Å². The summed E-state index contributed by atoms with van der Waals surface area (Å²) in [7, 11) is 0. The highest BCUT2D eigenvalue weighted by Crippen LogP contribution is 2.31. The number of carbonyl (C=O) groups is 2. The molecule has 4 aromatic rings. The third kappa shape index (κ3) is 5.38. The molecular weight excluding hydrogens is 454 g/mol. The number of hydrogen-bond donors (Lipinski definition) is 2. The lowest BCUT2D eigenvalue weighted by Crippen LogP contribution is -2.51. The lowest BCUT2D eigenvalue weighted by Gasteiger charge is -2.34. The Hall–Kier alpha value is -4.20. The fraction of sp³-hybridized carbons (Fsp3) is 0.286. The highest BCUT2D eigenvalue weighted by atomic mass is 16.3. The van der Waals surface area contributed by atoms with Crippen molar-refractivity contribution in [2.75, 3.05) is 4.90 Å². The van der Waals surface area contributed by atoms with Crippen LogP contribution < -0.4 is 10.2 Å². The molecule has 36 heavy (non-hydrogen) atoms. The molecule has 0 spiro atoms. The van der Waals surface area contributed by atoms with Crippen molar-refractivity contribution < 1.29 is 14.7 Å². The standard InChI is InChI=1S/C28H31N5O3/c1-5-28(3,4)29-27(36)26(20-13-15-22(34)16-14-20)33(21-10-8-9-19(2)17-21)25(35)18-32-24-12-7-6-11-23(24)30-31-32/h6-17,26,34H,5,18H2,1-4H3,(H,29,36). The van der Waals surface area contributed by atoms with Gasteiger partial charge in [-0.05, 0) is 74.7 Å². The maximum Gasteiger partial charge on any atom is 0.249 e. The van der Waals surface area contributed by atoms with Gasteiger partial charge in [0.25, 0.3) is 0 Å². The molecule has 186 valence electrons.